The Morgan fingerprint density at radius 1 is 1.29 bits per heavy atom. The van der Waals surface area contributed by atoms with E-state index >= 15 is 0 Å². The molecule has 192 valence electrons. The molecule has 9 nitrogen and oxygen atoms in total. The quantitative estimate of drug-likeness (QED) is 0.430. The summed E-state index contributed by atoms with van der Waals surface area (Å²) in [4.78, 5) is 45.9. The van der Waals surface area contributed by atoms with Crippen LogP contribution >= 0.6 is 11.3 Å². The number of amides is 3. The third-order valence-corrected chi connectivity index (χ3v) is 6.77. The van der Waals surface area contributed by atoms with Crippen molar-refractivity contribution in [2.75, 3.05) is 38.0 Å². The van der Waals surface area contributed by atoms with Crippen molar-refractivity contribution in [3.63, 3.8) is 0 Å². The van der Waals surface area contributed by atoms with Gasteiger partial charge in [-0.1, -0.05) is 20.3 Å². The van der Waals surface area contributed by atoms with Gasteiger partial charge >= 0.3 is 0 Å². The third kappa shape index (κ3) is 8.78. The number of likely N-dealkylation sites (tertiary alicyclic amines) is 1. The van der Waals surface area contributed by atoms with Crippen LogP contribution in [0.2, 0.25) is 0 Å². The first kappa shape index (κ1) is 26.9. The zero-order valence-corrected chi connectivity index (χ0v) is 21.7. The summed E-state index contributed by atoms with van der Waals surface area (Å²) < 4.78 is 5.20. The van der Waals surface area contributed by atoms with Crippen molar-refractivity contribution in [1.82, 2.24) is 20.1 Å². The highest BCUT2D eigenvalue weighted by atomic mass is 32.1. The van der Waals surface area contributed by atoms with E-state index in [1.807, 2.05) is 13.8 Å². The second-order valence-corrected chi connectivity index (χ2v) is 10.4. The van der Waals surface area contributed by atoms with E-state index in [0.717, 1.165) is 19.5 Å². The van der Waals surface area contributed by atoms with E-state index < -0.39 is 0 Å². The van der Waals surface area contributed by atoms with E-state index in [0.29, 0.717) is 30.0 Å². The SMILES string of the molecule is CC(C)CN(CC(=O)Nc1nc(CC(=O)NCCCN2CCCCC2C)cs1)C(=O)c1ccco1. The molecule has 0 aliphatic carbocycles. The molecular weight excluding hydrogens is 466 g/mol. The van der Waals surface area contributed by atoms with E-state index in [-0.39, 0.29) is 42.4 Å². The van der Waals surface area contributed by atoms with Gasteiger partial charge in [-0.25, -0.2) is 4.98 Å². The number of nitrogens with zero attached hydrogens (tertiary/aromatic N) is 3. The summed E-state index contributed by atoms with van der Waals surface area (Å²) in [5.74, 6) is -0.360. The molecule has 3 rings (SSSR count). The molecule has 1 atom stereocenters. The van der Waals surface area contributed by atoms with E-state index in [1.165, 1.54) is 41.8 Å². The zero-order valence-electron chi connectivity index (χ0n) is 20.9. The molecule has 1 aliphatic heterocycles. The Balaban J connectivity index is 1.41. The van der Waals surface area contributed by atoms with E-state index in [1.54, 1.807) is 17.5 Å². The van der Waals surface area contributed by atoms with Crippen LogP contribution in [0.4, 0.5) is 5.13 Å². The van der Waals surface area contributed by atoms with Gasteiger partial charge in [-0.2, -0.15) is 0 Å². The lowest BCUT2D eigenvalue weighted by Crippen LogP contribution is -2.40. The molecule has 1 aliphatic rings. The molecule has 0 bridgehead atoms. The zero-order chi connectivity index (χ0) is 25.2. The smallest absolute Gasteiger partial charge is 0.290 e. The van der Waals surface area contributed by atoms with E-state index in [2.05, 4.69) is 27.4 Å². The number of carbonyl (C=O) groups excluding carboxylic acids is 3. The van der Waals surface area contributed by atoms with Gasteiger partial charge in [0, 0.05) is 31.1 Å². The molecule has 2 aromatic heterocycles. The normalized spacial score (nSPS) is 16.3. The molecule has 1 unspecified atom stereocenters. The van der Waals surface area contributed by atoms with Gasteiger partial charge < -0.3 is 24.9 Å². The Kier molecular flexibility index (Phi) is 10.3. The summed E-state index contributed by atoms with van der Waals surface area (Å²) in [6, 6.07) is 3.85. The fraction of sp³-hybridized carbons (Fsp3) is 0.600. The fourth-order valence-corrected chi connectivity index (χ4v) is 4.95. The highest BCUT2D eigenvalue weighted by Crippen LogP contribution is 2.17. The van der Waals surface area contributed by atoms with Crippen molar-refractivity contribution in [2.45, 2.75) is 58.9 Å². The van der Waals surface area contributed by atoms with Crippen LogP contribution in [0.5, 0.6) is 0 Å². The van der Waals surface area contributed by atoms with Crippen molar-refractivity contribution in [2.24, 2.45) is 5.92 Å². The number of furan rings is 1. The maximum Gasteiger partial charge on any atom is 0.290 e. The lowest BCUT2D eigenvalue weighted by molar-refractivity contribution is -0.120. The van der Waals surface area contributed by atoms with Crippen LogP contribution in [0.25, 0.3) is 0 Å². The Bertz CT molecular complexity index is 959. The molecule has 2 aromatic rings. The second-order valence-electron chi connectivity index (χ2n) is 9.51. The predicted molar refractivity (Wildman–Crippen MR) is 136 cm³/mol. The topological polar surface area (TPSA) is 108 Å². The Morgan fingerprint density at radius 3 is 2.83 bits per heavy atom. The minimum Gasteiger partial charge on any atom is -0.459 e. The van der Waals surface area contributed by atoms with Gasteiger partial charge in [0.15, 0.2) is 10.9 Å². The Labute approximate surface area is 211 Å². The van der Waals surface area contributed by atoms with Gasteiger partial charge in [-0.15, -0.1) is 11.3 Å². The molecule has 3 amide bonds. The molecule has 1 saturated heterocycles. The van der Waals surface area contributed by atoms with Gasteiger partial charge in [-0.3, -0.25) is 14.4 Å². The number of carbonyl (C=O) groups is 3. The van der Waals surface area contributed by atoms with E-state index in [4.69, 9.17) is 4.42 Å². The molecule has 0 spiro atoms. The van der Waals surface area contributed by atoms with Crippen molar-refractivity contribution in [1.29, 1.82) is 0 Å². The first-order valence-electron chi connectivity index (χ1n) is 12.4. The van der Waals surface area contributed by atoms with Gasteiger partial charge in [0.1, 0.15) is 6.54 Å². The Hall–Kier alpha value is -2.72. The van der Waals surface area contributed by atoms with Crippen molar-refractivity contribution in [3.8, 4) is 0 Å². The fourth-order valence-electron chi connectivity index (χ4n) is 4.22. The van der Waals surface area contributed by atoms with Gasteiger partial charge in [0.25, 0.3) is 5.91 Å². The molecule has 2 N–H and O–H groups in total. The van der Waals surface area contributed by atoms with Crippen LogP contribution in [-0.2, 0) is 16.0 Å². The Morgan fingerprint density at radius 2 is 2.11 bits per heavy atom. The van der Waals surface area contributed by atoms with Gasteiger partial charge in [-0.05, 0) is 50.8 Å². The number of thiazole rings is 1. The number of nitrogens with one attached hydrogen (secondary N) is 2. The van der Waals surface area contributed by atoms with Gasteiger partial charge in [0.05, 0.1) is 18.4 Å². The molecule has 0 radical (unpaired) electrons. The number of anilines is 1. The van der Waals surface area contributed by atoms with Gasteiger partial charge in [0.2, 0.25) is 11.8 Å². The van der Waals surface area contributed by atoms with Crippen molar-refractivity contribution in [3.05, 3.63) is 35.2 Å². The first-order chi connectivity index (χ1) is 16.8. The van der Waals surface area contributed by atoms with Crippen LogP contribution in [0.3, 0.4) is 0 Å². The number of piperidine rings is 1. The monoisotopic (exact) mass is 503 g/mol. The lowest BCUT2D eigenvalue weighted by atomic mass is 10.0. The summed E-state index contributed by atoms with van der Waals surface area (Å²) >= 11 is 1.26. The predicted octanol–water partition coefficient (Wildman–Crippen LogP) is 3.40. The average Bonchev–Trinajstić information content (AvgIpc) is 3.49. The van der Waals surface area contributed by atoms with Crippen LogP contribution in [0.15, 0.2) is 28.2 Å². The molecule has 3 heterocycles. The van der Waals surface area contributed by atoms with Crippen LogP contribution in [0, 0.1) is 5.92 Å². The molecular formula is C25H37N5O4S. The van der Waals surface area contributed by atoms with Crippen LogP contribution < -0.4 is 10.6 Å². The number of aromatic nitrogens is 1. The maximum absolute atomic E-state index is 12.7. The summed E-state index contributed by atoms with van der Waals surface area (Å²) in [5, 5.41) is 7.88. The number of hydrogen-bond acceptors (Lipinski definition) is 7. The third-order valence-electron chi connectivity index (χ3n) is 5.96. The average molecular weight is 504 g/mol. The molecule has 35 heavy (non-hydrogen) atoms. The summed E-state index contributed by atoms with van der Waals surface area (Å²) in [5.41, 5.74) is 0.609. The molecule has 1 fully saturated rings. The minimum absolute atomic E-state index is 0.0768. The summed E-state index contributed by atoms with van der Waals surface area (Å²) in [6.45, 7) is 9.34. The lowest BCUT2D eigenvalue weighted by Gasteiger charge is -2.33. The number of rotatable bonds is 12. The molecule has 0 saturated carbocycles. The van der Waals surface area contributed by atoms with Crippen molar-refractivity contribution >= 4 is 34.2 Å². The summed E-state index contributed by atoms with van der Waals surface area (Å²) in [6.07, 6.45) is 6.36. The van der Waals surface area contributed by atoms with Crippen LogP contribution in [-0.4, -0.2) is 71.3 Å². The maximum atomic E-state index is 12.7. The highest BCUT2D eigenvalue weighted by molar-refractivity contribution is 7.13. The molecule has 0 aromatic carbocycles. The number of hydrogen-bond donors (Lipinski definition) is 2. The van der Waals surface area contributed by atoms with Crippen LogP contribution in [0.1, 0.15) is 62.7 Å². The second kappa shape index (κ2) is 13.4. The van der Waals surface area contributed by atoms with E-state index in [9.17, 15) is 14.4 Å². The first-order valence-corrected chi connectivity index (χ1v) is 13.3. The van der Waals surface area contributed by atoms with Crippen molar-refractivity contribution < 1.29 is 18.8 Å². The largest absolute Gasteiger partial charge is 0.459 e. The highest BCUT2D eigenvalue weighted by Gasteiger charge is 2.22. The standard InChI is InChI=1S/C25H37N5O4S/c1-18(2)15-30(24(33)21-9-6-13-34-21)16-23(32)28-25-27-20(17-35-25)14-22(31)26-10-7-12-29-11-5-4-8-19(29)3/h6,9,13,17-19H,4-5,7-8,10-12,14-16H2,1-3H3,(H,26,31)(H,27,28,32). The summed E-state index contributed by atoms with van der Waals surface area (Å²) in [7, 11) is 0. The minimum atomic E-state index is -0.345. The molecule has 10 heteroatoms.